The van der Waals surface area contributed by atoms with Crippen molar-refractivity contribution in [3.63, 3.8) is 0 Å². The number of hydrogen-bond donors (Lipinski definition) is 3. The Balaban J connectivity index is 1.25. The van der Waals surface area contributed by atoms with Gasteiger partial charge < -0.3 is 19.5 Å². The molecule has 0 bridgehead atoms. The van der Waals surface area contributed by atoms with Crippen LogP contribution in [-0.4, -0.2) is 52.6 Å². The fraction of sp³-hybridized carbons (Fsp3) is 0.441. The molecule has 45 heavy (non-hydrogen) atoms. The number of carbonyl (C=O) groups is 3. The van der Waals surface area contributed by atoms with Crippen LogP contribution >= 0.6 is 0 Å². The topological polar surface area (TPSA) is 164 Å². The molecule has 0 radical (unpaired) electrons. The van der Waals surface area contributed by atoms with Gasteiger partial charge in [0, 0.05) is 42.1 Å². The van der Waals surface area contributed by atoms with Crippen molar-refractivity contribution in [3.8, 4) is 5.88 Å². The molecule has 2 aliphatic rings. The third-order valence-corrected chi connectivity index (χ3v) is 8.80. The lowest BCUT2D eigenvalue weighted by Crippen LogP contribution is -2.46. The SMILES string of the molecule is CCC(=O)CCCCC[C@H](NC(=O)C1CCC2(CC1)OC(=O)c1cnccc12)C(=N)OC(=N)c1cc2ccccc2nc1OC. The van der Waals surface area contributed by atoms with Crippen molar-refractivity contribution in [2.24, 2.45) is 5.92 Å². The van der Waals surface area contributed by atoms with Gasteiger partial charge in [0.25, 0.3) is 0 Å². The number of ketones is 1. The zero-order valence-corrected chi connectivity index (χ0v) is 25.7. The van der Waals surface area contributed by atoms with Gasteiger partial charge in [-0.2, -0.15) is 0 Å². The second-order valence-corrected chi connectivity index (χ2v) is 11.7. The molecule has 11 nitrogen and oxygen atoms in total. The Bertz CT molecular complexity index is 1610. The normalized spacial score (nSPS) is 19.4. The number of carbonyl (C=O) groups excluding carboxylic acids is 3. The Morgan fingerprint density at radius 3 is 2.67 bits per heavy atom. The van der Waals surface area contributed by atoms with Gasteiger partial charge in [0.2, 0.25) is 23.6 Å². The third-order valence-electron chi connectivity index (χ3n) is 8.80. The van der Waals surface area contributed by atoms with E-state index in [-0.39, 0.29) is 41.3 Å². The molecule has 3 aromatic rings. The summed E-state index contributed by atoms with van der Waals surface area (Å²) in [5.41, 5.74) is 1.57. The van der Waals surface area contributed by atoms with Crippen molar-refractivity contribution in [2.75, 3.05) is 7.11 Å². The average molecular weight is 614 g/mol. The molecule has 1 aliphatic heterocycles. The maximum atomic E-state index is 13.5. The van der Waals surface area contributed by atoms with E-state index in [0.29, 0.717) is 68.0 Å². The molecule has 1 fully saturated rings. The lowest BCUT2D eigenvalue weighted by Gasteiger charge is -2.36. The van der Waals surface area contributed by atoms with Crippen molar-refractivity contribution in [3.05, 3.63) is 65.5 Å². The summed E-state index contributed by atoms with van der Waals surface area (Å²) in [5, 5.41) is 21.2. The Kier molecular flexibility index (Phi) is 9.85. The van der Waals surface area contributed by atoms with Gasteiger partial charge in [-0.15, -0.1) is 0 Å². The zero-order valence-electron chi connectivity index (χ0n) is 25.7. The van der Waals surface area contributed by atoms with E-state index in [9.17, 15) is 14.4 Å². The van der Waals surface area contributed by atoms with Gasteiger partial charge in [0.1, 0.15) is 17.4 Å². The Labute approximate surface area is 262 Å². The van der Waals surface area contributed by atoms with Crippen LogP contribution in [0.2, 0.25) is 0 Å². The van der Waals surface area contributed by atoms with E-state index in [1.807, 2.05) is 37.3 Å². The summed E-state index contributed by atoms with van der Waals surface area (Å²) < 4.78 is 17.0. The predicted octanol–water partition coefficient (Wildman–Crippen LogP) is 5.63. The first kappa shape index (κ1) is 31.7. The number of nitrogens with one attached hydrogen (secondary N) is 3. The van der Waals surface area contributed by atoms with Crippen molar-refractivity contribution >= 4 is 40.4 Å². The number of nitrogens with zero attached hydrogens (tertiary/aromatic N) is 2. The average Bonchev–Trinajstić information content (AvgIpc) is 3.33. The number of esters is 1. The smallest absolute Gasteiger partial charge is 0.341 e. The minimum atomic E-state index is -0.772. The number of hydrogen-bond acceptors (Lipinski definition) is 10. The monoisotopic (exact) mass is 613 g/mol. The summed E-state index contributed by atoms with van der Waals surface area (Å²) >= 11 is 0. The number of unbranched alkanes of at least 4 members (excludes halogenated alkanes) is 2. The fourth-order valence-corrected chi connectivity index (χ4v) is 6.19. The third kappa shape index (κ3) is 7.02. The number of aromatic nitrogens is 2. The van der Waals surface area contributed by atoms with Crippen LogP contribution in [0.3, 0.4) is 0 Å². The van der Waals surface area contributed by atoms with E-state index in [1.165, 1.54) is 13.3 Å². The Morgan fingerprint density at radius 1 is 1.13 bits per heavy atom. The Hall–Kier alpha value is -4.67. The Morgan fingerprint density at radius 2 is 1.91 bits per heavy atom. The first-order chi connectivity index (χ1) is 21.7. The summed E-state index contributed by atoms with van der Waals surface area (Å²) in [4.78, 5) is 46.2. The standard InChI is InChI=1S/C34H39N5O6/c1-3-23(40)10-5-4-6-12-28(30(36)44-29(35)24-19-22-9-7-8-11-27(22)39-32(24)43-2)38-31(41)21-13-16-34(17-14-21)26-15-18-37-20-25(26)33(42)45-34/h7-9,11,15,18-21,28,35-36H,3-6,10,12-14,16-17H2,1-2H3,(H,38,41)/t21?,28-,34?/m0/s1. The van der Waals surface area contributed by atoms with Gasteiger partial charge in [0.05, 0.1) is 23.8 Å². The van der Waals surface area contributed by atoms with Crippen LogP contribution in [0.1, 0.15) is 92.6 Å². The molecule has 5 rings (SSSR count). The highest BCUT2D eigenvalue weighted by Gasteiger charge is 2.48. The zero-order chi connectivity index (χ0) is 32.0. The number of benzene rings is 1. The predicted molar refractivity (Wildman–Crippen MR) is 168 cm³/mol. The van der Waals surface area contributed by atoms with Gasteiger partial charge in [-0.1, -0.05) is 38.0 Å². The summed E-state index contributed by atoms with van der Waals surface area (Å²) in [5.74, 6) is -1.07. The summed E-state index contributed by atoms with van der Waals surface area (Å²) in [6.07, 6.45) is 8.82. The van der Waals surface area contributed by atoms with E-state index in [4.69, 9.17) is 25.0 Å². The van der Waals surface area contributed by atoms with Crippen molar-refractivity contribution in [1.29, 1.82) is 10.8 Å². The first-order valence-corrected chi connectivity index (χ1v) is 15.5. The minimum Gasteiger partial charge on any atom is -0.480 e. The second kappa shape index (κ2) is 14.0. The van der Waals surface area contributed by atoms with Crippen LogP contribution in [0, 0.1) is 16.7 Å². The molecule has 3 heterocycles. The first-order valence-electron chi connectivity index (χ1n) is 15.5. The van der Waals surface area contributed by atoms with Crippen LogP contribution in [0.5, 0.6) is 5.88 Å². The second-order valence-electron chi connectivity index (χ2n) is 11.7. The van der Waals surface area contributed by atoms with Crippen molar-refractivity contribution < 1.29 is 28.6 Å². The summed E-state index contributed by atoms with van der Waals surface area (Å²) in [6, 6.07) is 10.2. The van der Waals surface area contributed by atoms with E-state index >= 15 is 0 Å². The largest absolute Gasteiger partial charge is 0.480 e. The molecule has 2 aromatic heterocycles. The number of para-hydroxylation sites is 1. The van der Waals surface area contributed by atoms with Crippen molar-refractivity contribution in [2.45, 2.75) is 82.8 Å². The van der Waals surface area contributed by atoms with Gasteiger partial charge in [-0.05, 0) is 56.7 Å². The number of amides is 1. The highest BCUT2D eigenvalue weighted by Crippen LogP contribution is 2.47. The molecule has 1 aromatic carbocycles. The molecule has 1 aliphatic carbocycles. The molecule has 1 amide bonds. The molecule has 3 N–H and O–H groups in total. The number of ether oxygens (including phenoxy) is 3. The van der Waals surface area contributed by atoms with E-state index in [1.54, 1.807) is 12.3 Å². The van der Waals surface area contributed by atoms with Gasteiger partial charge in [0.15, 0.2) is 0 Å². The molecule has 1 spiro atoms. The summed E-state index contributed by atoms with van der Waals surface area (Å²) in [6.45, 7) is 1.85. The van der Waals surface area contributed by atoms with Crippen LogP contribution in [0.4, 0.5) is 0 Å². The molecule has 11 heteroatoms. The number of rotatable bonds is 12. The maximum Gasteiger partial charge on any atom is 0.341 e. The van der Waals surface area contributed by atoms with Gasteiger partial charge >= 0.3 is 5.97 Å². The van der Waals surface area contributed by atoms with Crippen LogP contribution < -0.4 is 10.1 Å². The number of pyridine rings is 2. The van der Waals surface area contributed by atoms with Gasteiger partial charge in [-0.25, -0.2) is 9.78 Å². The lowest BCUT2D eigenvalue weighted by atomic mass is 9.75. The minimum absolute atomic E-state index is 0.203. The summed E-state index contributed by atoms with van der Waals surface area (Å²) in [7, 11) is 1.46. The van der Waals surface area contributed by atoms with Crippen molar-refractivity contribution in [1.82, 2.24) is 15.3 Å². The van der Waals surface area contributed by atoms with Crippen LogP contribution in [0.25, 0.3) is 10.9 Å². The molecular formula is C34H39N5O6. The maximum absolute atomic E-state index is 13.5. The molecule has 1 atom stereocenters. The van der Waals surface area contributed by atoms with Crippen LogP contribution in [0.15, 0.2) is 48.8 Å². The van der Waals surface area contributed by atoms with Crippen LogP contribution in [-0.2, 0) is 24.7 Å². The fourth-order valence-electron chi connectivity index (χ4n) is 6.19. The lowest BCUT2D eigenvalue weighted by molar-refractivity contribution is -0.128. The quantitative estimate of drug-likeness (QED) is 0.102. The number of fused-ring (bicyclic) bond motifs is 3. The highest BCUT2D eigenvalue weighted by molar-refractivity contribution is 6.04. The number of methoxy groups -OCH3 is 1. The molecule has 1 saturated carbocycles. The molecule has 0 saturated heterocycles. The number of Topliss-reactive ketones (excluding diaryl/α,β-unsaturated/α-hetero) is 1. The molecule has 236 valence electrons. The van der Waals surface area contributed by atoms with E-state index in [2.05, 4.69) is 15.3 Å². The molecule has 0 unspecified atom stereocenters. The van der Waals surface area contributed by atoms with E-state index in [0.717, 1.165) is 23.8 Å². The molecular weight excluding hydrogens is 574 g/mol. The highest BCUT2D eigenvalue weighted by atomic mass is 16.6. The van der Waals surface area contributed by atoms with E-state index < -0.39 is 11.6 Å². The van der Waals surface area contributed by atoms with Gasteiger partial charge in [-0.3, -0.25) is 25.4 Å².